The fourth-order valence-corrected chi connectivity index (χ4v) is 0.799. The molecular formula is C5H5N7. The lowest BCUT2D eigenvalue weighted by molar-refractivity contribution is 1.01. The highest BCUT2D eigenvalue weighted by Gasteiger charge is 2.03. The van der Waals surface area contributed by atoms with E-state index in [9.17, 15) is 0 Å². The largest absolute Gasteiger partial charge is 0.382 e. The molecule has 2 aromatic rings. The van der Waals surface area contributed by atoms with Crippen molar-refractivity contribution in [2.75, 3.05) is 11.5 Å². The Bertz CT molecular complexity index is 425. The lowest BCUT2D eigenvalue weighted by Crippen LogP contribution is -2.02. The molecule has 2 aromatic heterocycles. The molecule has 0 atom stereocenters. The Hall–Kier alpha value is -2.05. The van der Waals surface area contributed by atoms with Crippen molar-refractivity contribution in [3.05, 3.63) is 6.33 Å². The van der Waals surface area contributed by atoms with E-state index in [1.165, 1.54) is 6.33 Å². The standard InChI is InChI=1S/C5H5N7/c6-3-2-4(9-1-8-3)11-12-5(7)10-2/h1H,(H2,7,10,12)(H2,6,8,9,11). The van der Waals surface area contributed by atoms with Crippen molar-refractivity contribution in [3.63, 3.8) is 0 Å². The van der Waals surface area contributed by atoms with Gasteiger partial charge in [-0.2, -0.15) is 0 Å². The van der Waals surface area contributed by atoms with E-state index in [-0.39, 0.29) is 11.8 Å². The fourth-order valence-electron chi connectivity index (χ4n) is 0.799. The topological polar surface area (TPSA) is 116 Å². The van der Waals surface area contributed by atoms with Crippen LogP contribution < -0.4 is 11.5 Å². The zero-order valence-corrected chi connectivity index (χ0v) is 5.97. The quantitative estimate of drug-likeness (QED) is 0.510. The lowest BCUT2D eigenvalue weighted by atomic mass is 10.5. The second kappa shape index (κ2) is 2.22. The number of rotatable bonds is 0. The van der Waals surface area contributed by atoms with Crippen LogP contribution in [0.5, 0.6) is 0 Å². The predicted molar refractivity (Wildman–Crippen MR) is 41.7 cm³/mol. The molecule has 0 amide bonds. The maximum atomic E-state index is 5.49. The molecule has 2 heterocycles. The summed E-state index contributed by atoms with van der Waals surface area (Å²) in [4.78, 5) is 11.4. The number of hydrogen-bond donors (Lipinski definition) is 2. The van der Waals surface area contributed by atoms with Gasteiger partial charge >= 0.3 is 0 Å². The molecule has 7 nitrogen and oxygen atoms in total. The predicted octanol–water partition coefficient (Wildman–Crippen LogP) is -1.02. The van der Waals surface area contributed by atoms with Crippen molar-refractivity contribution in [1.29, 1.82) is 0 Å². The van der Waals surface area contributed by atoms with E-state index in [4.69, 9.17) is 11.5 Å². The first-order valence-corrected chi connectivity index (χ1v) is 3.14. The highest BCUT2D eigenvalue weighted by atomic mass is 15.2. The number of fused-ring (bicyclic) bond motifs is 1. The van der Waals surface area contributed by atoms with Crippen LogP contribution in [0, 0.1) is 0 Å². The summed E-state index contributed by atoms with van der Waals surface area (Å²) in [5.74, 6) is 0.311. The Kier molecular flexibility index (Phi) is 1.23. The van der Waals surface area contributed by atoms with Crippen molar-refractivity contribution < 1.29 is 0 Å². The van der Waals surface area contributed by atoms with Crippen molar-refractivity contribution in [2.24, 2.45) is 0 Å². The number of anilines is 2. The summed E-state index contributed by atoms with van der Waals surface area (Å²) in [6, 6.07) is 0. The van der Waals surface area contributed by atoms with Gasteiger partial charge in [0.25, 0.3) is 0 Å². The molecule has 0 saturated heterocycles. The molecule has 12 heavy (non-hydrogen) atoms. The van der Waals surface area contributed by atoms with Crippen molar-refractivity contribution >= 4 is 22.9 Å². The molecule has 2 rings (SSSR count). The molecule has 0 saturated carbocycles. The summed E-state index contributed by atoms with van der Waals surface area (Å²) in [7, 11) is 0. The van der Waals surface area contributed by atoms with Crippen LogP contribution >= 0.6 is 0 Å². The normalized spacial score (nSPS) is 10.3. The molecule has 0 aliphatic carbocycles. The van der Waals surface area contributed by atoms with Crippen LogP contribution in [0.2, 0.25) is 0 Å². The van der Waals surface area contributed by atoms with E-state index in [0.29, 0.717) is 11.2 Å². The van der Waals surface area contributed by atoms with Gasteiger partial charge in [0.15, 0.2) is 11.3 Å². The zero-order valence-electron chi connectivity index (χ0n) is 5.97. The van der Waals surface area contributed by atoms with E-state index < -0.39 is 0 Å². The first-order valence-electron chi connectivity index (χ1n) is 3.14. The third kappa shape index (κ3) is 0.875. The van der Waals surface area contributed by atoms with Crippen LogP contribution in [0.1, 0.15) is 0 Å². The fraction of sp³-hybridized carbons (Fsp3) is 0. The van der Waals surface area contributed by atoms with Crippen LogP contribution in [-0.2, 0) is 0 Å². The van der Waals surface area contributed by atoms with Gasteiger partial charge in [0.2, 0.25) is 11.6 Å². The van der Waals surface area contributed by atoms with Gasteiger partial charge < -0.3 is 11.5 Å². The number of hydrogen-bond acceptors (Lipinski definition) is 7. The number of aromatic nitrogens is 5. The lowest BCUT2D eigenvalue weighted by Gasteiger charge is -1.96. The summed E-state index contributed by atoms with van der Waals surface area (Å²) in [5.41, 5.74) is 11.5. The molecule has 0 spiro atoms. The van der Waals surface area contributed by atoms with E-state index in [1.54, 1.807) is 0 Å². The van der Waals surface area contributed by atoms with E-state index in [0.717, 1.165) is 0 Å². The van der Waals surface area contributed by atoms with Crippen LogP contribution in [0.15, 0.2) is 6.33 Å². The molecule has 0 bridgehead atoms. The Morgan fingerprint density at radius 2 is 1.92 bits per heavy atom. The number of nitrogens with two attached hydrogens (primary N) is 2. The summed E-state index contributed by atoms with van der Waals surface area (Å²) >= 11 is 0. The smallest absolute Gasteiger partial charge is 0.240 e. The maximum Gasteiger partial charge on any atom is 0.240 e. The van der Waals surface area contributed by atoms with Gasteiger partial charge in [0.1, 0.15) is 6.33 Å². The molecule has 60 valence electrons. The van der Waals surface area contributed by atoms with E-state index >= 15 is 0 Å². The van der Waals surface area contributed by atoms with E-state index in [2.05, 4.69) is 25.1 Å². The van der Waals surface area contributed by atoms with Crippen LogP contribution in [-0.4, -0.2) is 25.1 Å². The molecule has 0 aliphatic rings. The Morgan fingerprint density at radius 1 is 1.08 bits per heavy atom. The number of nitrogens with zero attached hydrogens (tertiary/aromatic N) is 5. The molecular weight excluding hydrogens is 158 g/mol. The molecule has 4 N–H and O–H groups in total. The van der Waals surface area contributed by atoms with Crippen molar-refractivity contribution in [1.82, 2.24) is 25.1 Å². The molecule has 0 fully saturated rings. The minimum absolute atomic E-state index is 0.0593. The summed E-state index contributed by atoms with van der Waals surface area (Å²) in [6.45, 7) is 0. The van der Waals surface area contributed by atoms with Crippen LogP contribution in [0.3, 0.4) is 0 Å². The van der Waals surface area contributed by atoms with Gasteiger partial charge in [0, 0.05) is 0 Å². The highest BCUT2D eigenvalue weighted by Crippen LogP contribution is 2.09. The van der Waals surface area contributed by atoms with E-state index in [1.807, 2.05) is 0 Å². The van der Waals surface area contributed by atoms with Crippen LogP contribution in [0.4, 0.5) is 11.8 Å². The Morgan fingerprint density at radius 3 is 2.75 bits per heavy atom. The zero-order chi connectivity index (χ0) is 8.55. The SMILES string of the molecule is Nc1nnc2ncnc(N)c2n1. The minimum atomic E-state index is 0.0593. The van der Waals surface area contributed by atoms with Gasteiger partial charge in [0.05, 0.1) is 0 Å². The summed E-state index contributed by atoms with van der Waals surface area (Å²) < 4.78 is 0. The molecule has 0 aromatic carbocycles. The Labute approximate surface area is 66.9 Å². The van der Waals surface area contributed by atoms with Crippen molar-refractivity contribution in [2.45, 2.75) is 0 Å². The second-order valence-corrected chi connectivity index (χ2v) is 2.10. The molecule has 0 aliphatic heterocycles. The third-order valence-corrected chi connectivity index (χ3v) is 1.30. The van der Waals surface area contributed by atoms with Gasteiger partial charge in [-0.1, -0.05) is 0 Å². The summed E-state index contributed by atoms with van der Waals surface area (Å²) in [5, 5.41) is 7.19. The van der Waals surface area contributed by atoms with Gasteiger partial charge in [-0.3, -0.25) is 0 Å². The molecule has 0 unspecified atom stereocenters. The van der Waals surface area contributed by atoms with Crippen molar-refractivity contribution in [3.8, 4) is 0 Å². The third-order valence-electron chi connectivity index (χ3n) is 1.30. The minimum Gasteiger partial charge on any atom is -0.382 e. The van der Waals surface area contributed by atoms with Gasteiger partial charge in [-0.25, -0.2) is 15.0 Å². The highest BCUT2D eigenvalue weighted by molar-refractivity contribution is 5.80. The first kappa shape index (κ1) is 6.65. The average Bonchev–Trinajstić information content (AvgIpc) is 2.07. The second-order valence-electron chi connectivity index (χ2n) is 2.10. The van der Waals surface area contributed by atoms with Crippen LogP contribution in [0.25, 0.3) is 11.2 Å². The Balaban J connectivity index is 2.88. The summed E-state index contributed by atoms with van der Waals surface area (Å²) in [6.07, 6.45) is 1.30. The van der Waals surface area contributed by atoms with Gasteiger partial charge in [-0.15, -0.1) is 10.2 Å². The number of nitrogen functional groups attached to an aromatic ring is 2. The van der Waals surface area contributed by atoms with Gasteiger partial charge in [-0.05, 0) is 0 Å². The molecule has 0 radical (unpaired) electrons. The molecule has 7 heteroatoms. The monoisotopic (exact) mass is 163 g/mol. The first-order chi connectivity index (χ1) is 5.77. The average molecular weight is 163 g/mol. The maximum absolute atomic E-state index is 5.49.